The van der Waals surface area contributed by atoms with Gasteiger partial charge in [-0.2, -0.15) is 0 Å². The van der Waals surface area contributed by atoms with Crippen LogP contribution in [-0.4, -0.2) is 19.6 Å². The predicted molar refractivity (Wildman–Crippen MR) is 88.5 cm³/mol. The van der Waals surface area contributed by atoms with Gasteiger partial charge in [-0.15, -0.1) is 11.8 Å². The van der Waals surface area contributed by atoms with Crippen LogP contribution in [0.15, 0.2) is 64.4 Å². The first-order chi connectivity index (χ1) is 10.4. The van der Waals surface area contributed by atoms with Crippen molar-refractivity contribution in [3.8, 4) is 0 Å². The molecule has 0 aliphatic heterocycles. The molecule has 7 heteroatoms. The minimum absolute atomic E-state index is 0.0368. The molecule has 0 heterocycles. The highest BCUT2D eigenvalue weighted by molar-refractivity contribution is 8.00. The smallest absolute Gasteiger partial charge is 0.264 e. The molecule has 4 nitrogen and oxygen atoms in total. The van der Waals surface area contributed by atoms with Crippen LogP contribution in [0, 0.1) is 0 Å². The third kappa shape index (κ3) is 4.50. The standard InChI is InChI=1S/C15H14ClNO3S2/c1-11(21-13-7-3-2-4-8-13)15(18)17-22(19,20)14-9-5-6-12(16)10-14/h2-11H,1H3,(H,17,18). The van der Waals surface area contributed by atoms with Crippen LogP contribution in [0.2, 0.25) is 5.02 Å². The maximum atomic E-state index is 12.2. The van der Waals surface area contributed by atoms with Gasteiger partial charge in [0.05, 0.1) is 10.1 Å². The fraction of sp³-hybridized carbons (Fsp3) is 0.133. The van der Waals surface area contributed by atoms with E-state index in [1.165, 1.54) is 30.0 Å². The Balaban J connectivity index is 2.07. The number of carbonyl (C=O) groups is 1. The molecule has 1 N–H and O–H groups in total. The lowest BCUT2D eigenvalue weighted by Gasteiger charge is -2.12. The number of carbonyl (C=O) groups excluding carboxylic acids is 1. The molecule has 1 atom stereocenters. The van der Waals surface area contributed by atoms with E-state index in [0.29, 0.717) is 5.02 Å². The maximum absolute atomic E-state index is 12.2. The Labute approximate surface area is 138 Å². The monoisotopic (exact) mass is 355 g/mol. The van der Waals surface area contributed by atoms with E-state index in [1.54, 1.807) is 13.0 Å². The number of benzene rings is 2. The highest BCUT2D eigenvalue weighted by atomic mass is 35.5. The molecule has 0 aromatic heterocycles. The number of hydrogen-bond donors (Lipinski definition) is 1. The highest BCUT2D eigenvalue weighted by Gasteiger charge is 2.22. The van der Waals surface area contributed by atoms with Gasteiger partial charge in [0.25, 0.3) is 10.0 Å². The molecular formula is C15H14ClNO3S2. The van der Waals surface area contributed by atoms with Gasteiger partial charge in [0.15, 0.2) is 0 Å². The number of thioether (sulfide) groups is 1. The average Bonchev–Trinajstić information content (AvgIpc) is 2.48. The lowest BCUT2D eigenvalue weighted by molar-refractivity contribution is -0.118. The van der Waals surface area contributed by atoms with Gasteiger partial charge >= 0.3 is 0 Å². The van der Waals surface area contributed by atoms with E-state index in [1.807, 2.05) is 30.3 Å². The Morgan fingerprint density at radius 3 is 2.45 bits per heavy atom. The van der Waals surface area contributed by atoms with Crippen LogP contribution < -0.4 is 4.72 Å². The lowest BCUT2D eigenvalue weighted by atomic mass is 10.4. The first kappa shape index (κ1) is 16.9. The zero-order chi connectivity index (χ0) is 16.2. The van der Waals surface area contributed by atoms with Crippen molar-refractivity contribution in [2.45, 2.75) is 22.0 Å². The van der Waals surface area contributed by atoms with Crippen molar-refractivity contribution in [1.82, 2.24) is 4.72 Å². The number of nitrogens with one attached hydrogen (secondary N) is 1. The van der Waals surface area contributed by atoms with Crippen LogP contribution in [-0.2, 0) is 14.8 Å². The van der Waals surface area contributed by atoms with Crippen molar-refractivity contribution < 1.29 is 13.2 Å². The van der Waals surface area contributed by atoms with Crippen LogP contribution in [0.1, 0.15) is 6.92 Å². The number of hydrogen-bond acceptors (Lipinski definition) is 4. The normalized spacial score (nSPS) is 12.6. The molecule has 0 bridgehead atoms. The van der Waals surface area contributed by atoms with Gasteiger partial charge in [0.2, 0.25) is 5.91 Å². The van der Waals surface area contributed by atoms with Gasteiger partial charge in [-0.3, -0.25) is 4.79 Å². The summed E-state index contributed by atoms with van der Waals surface area (Å²) in [5, 5.41) is -0.251. The molecule has 2 aromatic rings. The summed E-state index contributed by atoms with van der Waals surface area (Å²) in [7, 11) is -3.92. The summed E-state index contributed by atoms with van der Waals surface area (Å²) in [6.07, 6.45) is 0. The quantitative estimate of drug-likeness (QED) is 0.835. The topological polar surface area (TPSA) is 63.2 Å². The summed E-state index contributed by atoms with van der Waals surface area (Å²) in [4.78, 5) is 12.9. The fourth-order valence-electron chi connectivity index (χ4n) is 1.67. The average molecular weight is 356 g/mol. The molecule has 0 saturated carbocycles. The third-order valence-corrected chi connectivity index (χ3v) is 5.46. The predicted octanol–water partition coefficient (Wildman–Crippen LogP) is 3.33. The number of halogens is 1. The van der Waals surface area contributed by atoms with Crippen molar-refractivity contribution in [3.63, 3.8) is 0 Å². The Bertz CT molecular complexity index is 763. The Morgan fingerprint density at radius 1 is 1.14 bits per heavy atom. The van der Waals surface area contributed by atoms with Crippen molar-refractivity contribution in [1.29, 1.82) is 0 Å². The lowest BCUT2D eigenvalue weighted by Crippen LogP contribution is -2.36. The zero-order valence-corrected chi connectivity index (χ0v) is 14.1. The number of sulfonamides is 1. The van der Waals surface area contributed by atoms with Crippen molar-refractivity contribution in [3.05, 3.63) is 59.6 Å². The maximum Gasteiger partial charge on any atom is 0.264 e. The van der Waals surface area contributed by atoms with Gasteiger partial charge < -0.3 is 0 Å². The summed E-state index contributed by atoms with van der Waals surface area (Å²) < 4.78 is 26.4. The number of amides is 1. The van der Waals surface area contributed by atoms with Crippen molar-refractivity contribution >= 4 is 39.3 Å². The van der Waals surface area contributed by atoms with E-state index < -0.39 is 21.2 Å². The Hall–Kier alpha value is -1.50. The van der Waals surface area contributed by atoms with Gasteiger partial charge in [0, 0.05) is 9.92 Å². The van der Waals surface area contributed by atoms with Gasteiger partial charge in [-0.1, -0.05) is 35.9 Å². The van der Waals surface area contributed by atoms with E-state index in [-0.39, 0.29) is 4.90 Å². The molecule has 22 heavy (non-hydrogen) atoms. The number of rotatable bonds is 5. The second-order valence-electron chi connectivity index (χ2n) is 4.50. The third-order valence-electron chi connectivity index (χ3n) is 2.77. The summed E-state index contributed by atoms with van der Waals surface area (Å²) in [6.45, 7) is 1.65. The van der Waals surface area contributed by atoms with Gasteiger partial charge in [-0.25, -0.2) is 13.1 Å². The Morgan fingerprint density at radius 2 is 1.82 bits per heavy atom. The van der Waals surface area contributed by atoms with Gasteiger partial charge in [0.1, 0.15) is 0 Å². The molecule has 2 aromatic carbocycles. The van der Waals surface area contributed by atoms with Crippen LogP contribution >= 0.6 is 23.4 Å². The first-order valence-electron chi connectivity index (χ1n) is 6.42. The minimum Gasteiger partial charge on any atom is -0.273 e. The zero-order valence-electron chi connectivity index (χ0n) is 11.7. The molecule has 0 spiro atoms. The Kier molecular flexibility index (Phi) is 5.50. The molecule has 0 aliphatic rings. The molecule has 116 valence electrons. The largest absolute Gasteiger partial charge is 0.273 e. The summed E-state index contributed by atoms with van der Waals surface area (Å²) in [5.74, 6) is -0.575. The van der Waals surface area contributed by atoms with Crippen LogP contribution in [0.4, 0.5) is 0 Å². The highest BCUT2D eigenvalue weighted by Crippen LogP contribution is 2.23. The minimum atomic E-state index is -3.92. The molecular weight excluding hydrogens is 342 g/mol. The molecule has 1 amide bonds. The van der Waals surface area contributed by atoms with E-state index in [0.717, 1.165) is 4.90 Å². The first-order valence-corrected chi connectivity index (χ1v) is 9.16. The van der Waals surface area contributed by atoms with E-state index in [9.17, 15) is 13.2 Å². The molecule has 0 aliphatic carbocycles. The SMILES string of the molecule is CC(Sc1ccccc1)C(=O)NS(=O)(=O)c1cccc(Cl)c1. The second kappa shape index (κ2) is 7.17. The van der Waals surface area contributed by atoms with Crippen molar-refractivity contribution in [2.24, 2.45) is 0 Å². The van der Waals surface area contributed by atoms with E-state index in [4.69, 9.17) is 11.6 Å². The fourth-order valence-corrected chi connectivity index (χ4v) is 3.98. The van der Waals surface area contributed by atoms with E-state index in [2.05, 4.69) is 4.72 Å². The molecule has 0 saturated heterocycles. The van der Waals surface area contributed by atoms with Crippen molar-refractivity contribution in [2.75, 3.05) is 0 Å². The molecule has 0 radical (unpaired) electrons. The van der Waals surface area contributed by atoms with Crippen LogP contribution in [0.5, 0.6) is 0 Å². The van der Waals surface area contributed by atoms with Gasteiger partial charge in [-0.05, 0) is 37.3 Å². The molecule has 1 unspecified atom stereocenters. The van der Waals surface area contributed by atoms with Crippen LogP contribution in [0.25, 0.3) is 0 Å². The summed E-state index contributed by atoms with van der Waals surface area (Å²) >= 11 is 7.06. The van der Waals surface area contributed by atoms with Crippen LogP contribution in [0.3, 0.4) is 0 Å². The van der Waals surface area contributed by atoms with E-state index >= 15 is 0 Å². The summed E-state index contributed by atoms with van der Waals surface area (Å²) in [5.41, 5.74) is 0. The molecule has 2 rings (SSSR count). The second-order valence-corrected chi connectivity index (χ2v) is 8.03. The molecule has 0 fully saturated rings. The summed E-state index contributed by atoms with van der Waals surface area (Å²) in [6, 6.07) is 15.1.